The maximum atomic E-state index is 11.9. The summed E-state index contributed by atoms with van der Waals surface area (Å²) >= 11 is 0. The van der Waals surface area contributed by atoms with Crippen molar-refractivity contribution in [2.45, 2.75) is 26.1 Å². The van der Waals surface area contributed by atoms with Crippen molar-refractivity contribution in [1.29, 1.82) is 0 Å². The molecule has 0 saturated carbocycles. The SMILES string of the molecule is CC(C)N=CC(=CN)C(F)(F)F. The van der Waals surface area contributed by atoms with Crippen LogP contribution >= 0.6 is 0 Å². The molecule has 12 heavy (non-hydrogen) atoms. The van der Waals surface area contributed by atoms with Gasteiger partial charge in [0.2, 0.25) is 0 Å². The Labute approximate surface area is 69.0 Å². The minimum absolute atomic E-state index is 0.165. The number of nitrogens with two attached hydrogens (primary N) is 1. The van der Waals surface area contributed by atoms with Crippen LogP contribution in [0.2, 0.25) is 0 Å². The van der Waals surface area contributed by atoms with Gasteiger partial charge in [0, 0.05) is 18.5 Å². The molecule has 0 aromatic heterocycles. The van der Waals surface area contributed by atoms with E-state index in [-0.39, 0.29) is 6.04 Å². The van der Waals surface area contributed by atoms with Crippen molar-refractivity contribution in [3.05, 3.63) is 11.8 Å². The maximum absolute atomic E-state index is 11.9. The molecule has 0 amide bonds. The fourth-order valence-electron chi connectivity index (χ4n) is 0.440. The van der Waals surface area contributed by atoms with E-state index < -0.39 is 11.7 Å². The van der Waals surface area contributed by atoms with E-state index in [0.717, 1.165) is 6.21 Å². The van der Waals surface area contributed by atoms with Crippen molar-refractivity contribution in [1.82, 2.24) is 0 Å². The molecule has 0 heterocycles. The van der Waals surface area contributed by atoms with Gasteiger partial charge < -0.3 is 5.73 Å². The predicted octanol–water partition coefficient (Wildman–Crippen LogP) is 1.87. The molecule has 70 valence electrons. The van der Waals surface area contributed by atoms with Crippen molar-refractivity contribution in [3.63, 3.8) is 0 Å². The van der Waals surface area contributed by atoms with Gasteiger partial charge in [-0.05, 0) is 13.8 Å². The Morgan fingerprint density at radius 3 is 2.17 bits per heavy atom. The van der Waals surface area contributed by atoms with E-state index in [4.69, 9.17) is 5.73 Å². The number of hydrogen-bond donors (Lipinski definition) is 1. The van der Waals surface area contributed by atoms with Gasteiger partial charge in [0.25, 0.3) is 0 Å². The lowest BCUT2D eigenvalue weighted by Crippen LogP contribution is -2.15. The third kappa shape index (κ3) is 4.00. The van der Waals surface area contributed by atoms with Gasteiger partial charge in [-0.3, -0.25) is 4.99 Å². The molecule has 0 atom stereocenters. The van der Waals surface area contributed by atoms with Crippen LogP contribution in [0.25, 0.3) is 0 Å². The van der Waals surface area contributed by atoms with E-state index >= 15 is 0 Å². The average molecular weight is 180 g/mol. The molecule has 2 N–H and O–H groups in total. The van der Waals surface area contributed by atoms with E-state index in [1.807, 2.05) is 0 Å². The number of aliphatic imine (C=N–C) groups is 1. The molecule has 0 aliphatic rings. The third-order valence-corrected chi connectivity index (χ3v) is 1.02. The highest BCUT2D eigenvalue weighted by Crippen LogP contribution is 2.23. The Morgan fingerprint density at radius 2 is 1.92 bits per heavy atom. The van der Waals surface area contributed by atoms with Crippen LogP contribution in [0.1, 0.15) is 13.8 Å². The number of halogens is 3. The van der Waals surface area contributed by atoms with Gasteiger partial charge in [0.15, 0.2) is 0 Å². The van der Waals surface area contributed by atoms with Gasteiger partial charge in [-0.25, -0.2) is 0 Å². The first kappa shape index (κ1) is 11.0. The second kappa shape index (κ2) is 4.13. The standard InChI is InChI=1S/C7H11F3N2/c1-5(2)12-4-6(3-11)7(8,9)10/h3-5H,11H2,1-2H3. The Morgan fingerprint density at radius 1 is 1.42 bits per heavy atom. The number of hydrogen-bond acceptors (Lipinski definition) is 2. The number of rotatable bonds is 2. The quantitative estimate of drug-likeness (QED) is 0.647. The molecule has 0 aromatic carbocycles. The first-order chi connectivity index (χ1) is 5.38. The van der Waals surface area contributed by atoms with Gasteiger partial charge in [-0.2, -0.15) is 13.2 Å². The molecule has 0 aromatic rings. The second-order valence-electron chi connectivity index (χ2n) is 2.49. The van der Waals surface area contributed by atoms with E-state index in [9.17, 15) is 13.2 Å². The molecule has 0 unspecified atom stereocenters. The topological polar surface area (TPSA) is 38.4 Å². The molecular weight excluding hydrogens is 169 g/mol. The fourth-order valence-corrected chi connectivity index (χ4v) is 0.440. The van der Waals surface area contributed by atoms with Crippen molar-refractivity contribution >= 4 is 6.21 Å². The largest absolute Gasteiger partial charge is 0.419 e. The zero-order valence-electron chi connectivity index (χ0n) is 6.89. The minimum Gasteiger partial charge on any atom is -0.404 e. The van der Waals surface area contributed by atoms with Gasteiger partial charge in [-0.1, -0.05) is 0 Å². The van der Waals surface area contributed by atoms with Crippen LogP contribution in [0, 0.1) is 0 Å². The molecular formula is C7H11F3N2. The number of allylic oxidation sites excluding steroid dienone is 1. The number of nitrogens with zero attached hydrogens (tertiary/aromatic N) is 1. The van der Waals surface area contributed by atoms with Gasteiger partial charge >= 0.3 is 6.18 Å². The smallest absolute Gasteiger partial charge is 0.404 e. The molecule has 0 aliphatic heterocycles. The minimum atomic E-state index is -4.41. The lowest BCUT2D eigenvalue weighted by Gasteiger charge is -2.05. The molecule has 2 nitrogen and oxygen atoms in total. The summed E-state index contributed by atoms with van der Waals surface area (Å²) in [5.74, 6) is 0. The van der Waals surface area contributed by atoms with Crippen LogP contribution in [0.4, 0.5) is 13.2 Å². The van der Waals surface area contributed by atoms with E-state index in [1.54, 1.807) is 13.8 Å². The summed E-state index contributed by atoms with van der Waals surface area (Å²) in [4.78, 5) is 3.57. The first-order valence-corrected chi connectivity index (χ1v) is 3.40. The number of alkyl halides is 3. The Bertz CT molecular complexity index is 191. The summed E-state index contributed by atoms with van der Waals surface area (Å²) in [6, 6.07) is -0.165. The summed E-state index contributed by atoms with van der Waals surface area (Å²) in [7, 11) is 0. The van der Waals surface area contributed by atoms with E-state index in [1.165, 1.54) is 0 Å². The summed E-state index contributed by atoms with van der Waals surface area (Å²) in [5, 5.41) is 0. The van der Waals surface area contributed by atoms with Crippen LogP contribution in [-0.2, 0) is 0 Å². The van der Waals surface area contributed by atoms with Crippen LogP contribution in [0.15, 0.2) is 16.8 Å². The average Bonchev–Trinajstić information content (AvgIpc) is 1.85. The highest BCUT2D eigenvalue weighted by atomic mass is 19.4. The molecule has 5 heteroatoms. The van der Waals surface area contributed by atoms with Crippen molar-refractivity contribution in [2.24, 2.45) is 10.7 Å². The van der Waals surface area contributed by atoms with Crippen molar-refractivity contribution < 1.29 is 13.2 Å². The lowest BCUT2D eigenvalue weighted by atomic mass is 10.3. The molecule has 0 aliphatic carbocycles. The van der Waals surface area contributed by atoms with Crippen molar-refractivity contribution in [2.75, 3.05) is 0 Å². The molecule has 0 radical (unpaired) electrons. The highest BCUT2D eigenvalue weighted by molar-refractivity contribution is 5.80. The molecule has 0 rings (SSSR count). The van der Waals surface area contributed by atoms with Crippen LogP contribution < -0.4 is 5.73 Å². The monoisotopic (exact) mass is 180 g/mol. The predicted molar refractivity (Wildman–Crippen MR) is 42.0 cm³/mol. The van der Waals surface area contributed by atoms with Crippen LogP contribution in [0.3, 0.4) is 0 Å². The van der Waals surface area contributed by atoms with Gasteiger partial charge in [0.05, 0.1) is 5.57 Å². The fraction of sp³-hybridized carbons (Fsp3) is 0.571. The zero-order chi connectivity index (χ0) is 9.78. The first-order valence-electron chi connectivity index (χ1n) is 3.40. The van der Waals surface area contributed by atoms with E-state index in [2.05, 4.69) is 4.99 Å². The van der Waals surface area contributed by atoms with Crippen molar-refractivity contribution in [3.8, 4) is 0 Å². The summed E-state index contributed by atoms with van der Waals surface area (Å²) in [6.07, 6.45) is -3.16. The molecule has 0 saturated heterocycles. The lowest BCUT2D eigenvalue weighted by molar-refractivity contribution is -0.0857. The van der Waals surface area contributed by atoms with Gasteiger partial charge in [-0.15, -0.1) is 0 Å². The molecule has 0 spiro atoms. The molecule has 0 bridgehead atoms. The zero-order valence-corrected chi connectivity index (χ0v) is 6.89. The third-order valence-electron chi connectivity index (χ3n) is 1.02. The van der Waals surface area contributed by atoms with Crippen LogP contribution in [0.5, 0.6) is 0 Å². The van der Waals surface area contributed by atoms with Gasteiger partial charge in [0.1, 0.15) is 0 Å². The second-order valence-corrected chi connectivity index (χ2v) is 2.49. The summed E-state index contributed by atoms with van der Waals surface area (Å²) < 4.78 is 35.8. The normalized spacial score (nSPS) is 14.7. The summed E-state index contributed by atoms with van der Waals surface area (Å²) in [5.41, 5.74) is 3.85. The maximum Gasteiger partial charge on any atom is 0.419 e. The summed E-state index contributed by atoms with van der Waals surface area (Å²) in [6.45, 7) is 3.36. The highest BCUT2D eigenvalue weighted by Gasteiger charge is 2.32. The van der Waals surface area contributed by atoms with E-state index in [0.29, 0.717) is 6.20 Å². The Kier molecular flexibility index (Phi) is 3.79. The Hall–Kier alpha value is -1.00. The Balaban J connectivity index is 4.42. The molecule has 0 fully saturated rings. The van der Waals surface area contributed by atoms with Crippen LogP contribution in [-0.4, -0.2) is 18.4 Å².